The molecule has 0 saturated carbocycles. The van der Waals surface area contributed by atoms with Gasteiger partial charge in [-0.15, -0.1) is 0 Å². The number of hydrogen-bond acceptors (Lipinski definition) is 3. The second-order valence-corrected chi connectivity index (χ2v) is 3.83. The minimum atomic E-state index is -1.05. The number of fused-ring (bicyclic) bond motifs is 1. The highest BCUT2D eigenvalue weighted by atomic mass is 16.4. The number of nitrogens with two attached hydrogens (primary N) is 1. The third-order valence-electron chi connectivity index (χ3n) is 2.69. The summed E-state index contributed by atoms with van der Waals surface area (Å²) < 4.78 is 1.43. The summed E-state index contributed by atoms with van der Waals surface area (Å²) in [5.74, 6) is -1.05. The number of carboxylic acid groups (broad SMARTS) is 1. The Morgan fingerprint density at radius 1 is 1.47 bits per heavy atom. The lowest BCUT2D eigenvalue weighted by Crippen LogP contribution is -2.32. The maximum atomic E-state index is 10.9. The van der Waals surface area contributed by atoms with Crippen molar-refractivity contribution in [2.24, 2.45) is 5.73 Å². The van der Waals surface area contributed by atoms with Gasteiger partial charge in [0.1, 0.15) is 6.04 Å². The first-order valence-corrected chi connectivity index (χ1v) is 5.15. The Kier molecular flexibility index (Phi) is 2.93. The maximum absolute atomic E-state index is 10.9. The fraction of sp³-hybridized carbons (Fsp3) is 0.167. The van der Waals surface area contributed by atoms with Gasteiger partial charge in [0, 0.05) is 18.0 Å². The molecule has 5 nitrogen and oxygen atoms in total. The Bertz CT molecular complexity index is 574. The van der Waals surface area contributed by atoms with Crippen molar-refractivity contribution >= 4 is 23.3 Å². The Hall–Kier alpha value is -2.14. The molecule has 0 aliphatic carbocycles. The molecule has 5 heteroatoms. The van der Waals surface area contributed by atoms with Gasteiger partial charge in [0.25, 0.3) is 0 Å². The van der Waals surface area contributed by atoms with Crippen LogP contribution in [0.2, 0.25) is 0 Å². The number of benzene rings is 1. The lowest BCUT2D eigenvalue weighted by atomic mass is 10.1. The Labute approximate surface area is 97.4 Å². The van der Waals surface area contributed by atoms with Crippen LogP contribution in [-0.4, -0.2) is 28.1 Å². The number of carbonyl (C=O) groups is 2. The van der Waals surface area contributed by atoms with Gasteiger partial charge in [-0.2, -0.15) is 0 Å². The molecule has 17 heavy (non-hydrogen) atoms. The topological polar surface area (TPSA) is 85.3 Å². The van der Waals surface area contributed by atoms with Crippen LogP contribution in [0.3, 0.4) is 0 Å². The molecule has 1 aromatic heterocycles. The van der Waals surface area contributed by atoms with Gasteiger partial charge in [0.2, 0.25) is 6.41 Å². The predicted molar refractivity (Wildman–Crippen MR) is 63.4 cm³/mol. The molecule has 0 fully saturated rings. The summed E-state index contributed by atoms with van der Waals surface area (Å²) in [6.45, 7) is 0. The van der Waals surface area contributed by atoms with E-state index < -0.39 is 12.0 Å². The molecule has 3 N–H and O–H groups in total. The number of hydrogen-bond donors (Lipinski definition) is 2. The van der Waals surface area contributed by atoms with E-state index in [4.69, 9.17) is 10.8 Å². The molecule has 2 rings (SSSR count). The molecule has 88 valence electrons. The highest BCUT2D eigenvalue weighted by Crippen LogP contribution is 2.21. The van der Waals surface area contributed by atoms with Crippen molar-refractivity contribution in [2.75, 3.05) is 0 Å². The molecule has 0 radical (unpaired) electrons. The summed E-state index contributed by atoms with van der Waals surface area (Å²) in [6, 6.07) is 6.36. The van der Waals surface area contributed by atoms with Gasteiger partial charge in [-0.05, 0) is 11.6 Å². The summed E-state index contributed by atoms with van der Waals surface area (Å²) in [5, 5.41) is 9.64. The summed E-state index contributed by atoms with van der Waals surface area (Å²) >= 11 is 0. The monoisotopic (exact) mass is 232 g/mol. The quantitative estimate of drug-likeness (QED) is 0.757. The van der Waals surface area contributed by atoms with Gasteiger partial charge in [-0.3, -0.25) is 14.2 Å². The first kappa shape index (κ1) is 11.3. The normalized spacial score (nSPS) is 12.5. The molecule has 0 unspecified atom stereocenters. The Balaban J connectivity index is 2.47. The van der Waals surface area contributed by atoms with E-state index in [0.29, 0.717) is 6.41 Å². The average molecular weight is 232 g/mol. The number of rotatable bonds is 4. The zero-order valence-electron chi connectivity index (χ0n) is 9.04. The molecular formula is C12H12N2O3. The minimum Gasteiger partial charge on any atom is -0.480 e. The summed E-state index contributed by atoms with van der Waals surface area (Å²) in [5.41, 5.74) is 7.02. The fourth-order valence-electron chi connectivity index (χ4n) is 1.85. The van der Waals surface area contributed by atoms with Gasteiger partial charge in [-0.1, -0.05) is 18.2 Å². The van der Waals surface area contributed by atoms with Gasteiger partial charge in [-0.25, -0.2) is 0 Å². The molecule has 0 bridgehead atoms. The van der Waals surface area contributed by atoms with Gasteiger partial charge >= 0.3 is 5.97 Å². The Morgan fingerprint density at radius 3 is 2.82 bits per heavy atom. The Morgan fingerprint density at radius 2 is 2.18 bits per heavy atom. The third-order valence-corrected chi connectivity index (χ3v) is 2.69. The number of aromatic nitrogens is 1. The zero-order chi connectivity index (χ0) is 12.4. The summed E-state index contributed by atoms with van der Waals surface area (Å²) in [6.07, 6.45) is 2.52. The number of carboxylic acids is 1. The van der Waals surface area contributed by atoms with E-state index in [1.54, 1.807) is 12.3 Å². The van der Waals surface area contributed by atoms with Crippen LogP contribution in [0, 0.1) is 0 Å². The van der Waals surface area contributed by atoms with Crippen LogP contribution in [0.25, 0.3) is 10.9 Å². The van der Waals surface area contributed by atoms with Gasteiger partial charge in [0.05, 0.1) is 5.52 Å². The highest BCUT2D eigenvalue weighted by molar-refractivity contribution is 5.89. The molecule has 0 aliphatic rings. The van der Waals surface area contributed by atoms with Crippen molar-refractivity contribution in [2.45, 2.75) is 12.5 Å². The molecule has 1 heterocycles. The predicted octanol–water partition coefficient (Wildman–Crippen LogP) is 0.634. The highest BCUT2D eigenvalue weighted by Gasteiger charge is 2.15. The molecule has 0 aliphatic heterocycles. The van der Waals surface area contributed by atoms with Crippen molar-refractivity contribution in [1.29, 1.82) is 0 Å². The summed E-state index contributed by atoms with van der Waals surface area (Å²) in [4.78, 5) is 21.6. The molecule has 0 amide bonds. The third kappa shape index (κ3) is 2.05. The van der Waals surface area contributed by atoms with E-state index in [1.165, 1.54) is 4.57 Å². The molecular weight excluding hydrogens is 220 g/mol. The minimum absolute atomic E-state index is 0.205. The van der Waals surface area contributed by atoms with Crippen LogP contribution >= 0.6 is 0 Å². The van der Waals surface area contributed by atoms with E-state index in [0.717, 1.165) is 16.5 Å². The van der Waals surface area contributed by atoms with Gasteiger partial charge in [0.15, 0.2) is 0 Å². The number of carbonyl (C=O) groups excluding carboxylic acids is 1. The molecule has 1 atom stereocenters. The van der Waals surface area contributed by atoms with Crippen LogP contribution in [0.1, 0.15) is 5.56 Å². The lowest BCUT2D eigenvalue weighted by molar-refractivity contribution is -0.138. The number of para-hydroxylation sites is 1. The smallest absolute Gasteiger partial charge is 0.320 e. The van der Waals surface area contributed by atoms with Crippen LogP contribution in [0.4, 0.5) is 0 Å². The van der Waals surface area contributed by atoms with E-state index in [2.05, 4.69) is 0 Å². The molecule has 1 aromatic carbocycles. The van der Waals surface area contributed by atoms with Crippen molar-refractivity contribution in [3.05, 3.63) is 36.0 Å². The van der Waals surface area contributed by atoms with Gasteiger partial charge < -0.3 is 10.8 Å². The maximum Gasteiger partial charge on any atom is 0.320 e. The van der Waals surface area contributed by atoms with Crippen molar-refractivity contribution < 1.29 is 14.7 Å². The van der Waals surface area contributed by atoms with E-state index in [9.17, 15) is 9.59 Å². The van der Waals surface area contributed by atoms with E-state index in [-0.39, 0.29) is 6.42 Å². The SMILES string of the molecule is N[C@H](Cc1cn(C=O)c2ccccc12)C(=O)O. The second-order valence-electron chi connectivity index (χ2n) is 3.83. The van der Waals surface area contributed by atoms with Crippen LogP contribution < -0.4 is 5.73 Å². The number of aliphatic carboxylic acids is 1. The number of nitrogens with zero attached hydrogens (tertiary/aromatic N) is 1. The van der Waals surface area contributed by atoms with E-state index in [1.807, 2.05) is 18.2 Å². The lowest BCUT2D eigenvalue weighted by Gasteiger charge is -2.04. The second kappa shape index (κ2) is 4.39. The summed E-state index contributed by atoms with van der Waals surface area (Å²) in [7, 11) is 0. The van der Waals surface area contributed by atoms with Crippen LogP contribution in [-0.2, 0) is 16.0 Å². The first-order valence-electron chi connectivity index (χ1n) is 5.15. The van der Waals surface area contributed by atoms with E-state index >= 15 is 0 Å². The zero-order valence-corrected chi connectivity index (χ0v) is 9.04. The van der Waals surface area contributed by atoms with Crippen molar-refractivity contribution in [3.8, 4) is 0 Å². The van der Waals surface area contributed by atoms with Crippen molar-refractivity contribution in [1.82, 2.24) is 4.57 Å². The van der Waals surface area contributed by atoms with Crippen molar-refractivity contribution in [3.63, 3.8) is 0 Å². The molecule has 0 saturated heterocycles. The molecule has 2 aromatic rings. The first-order chi connectivity index (χ1) is 8.13. The van der Waals surface area contributed by atoms with Crippen LogP contribution in [0.5, 0.6) is 0 Å². The largest absolute Gasteiger partial charge is 0.480 e. The fourth-order valence-corrected chi connectivity index (χ4v) is 1.85. The standard InChI is InChI=1S/C12H12N2O3/c13-10(12(16)17)5-8-6-14(7-15)11-4-2-1-3-9(8)11/h1-4,6-7,10H,5,13H2,(H,16,17)/t10-/m1/s1. The molecule has 0 spiro atoms. The average Bonchev–Trinajstić information content (AvgIpc) is 2.68. The van der Waals surface area contributed by atoms with Crippen LogP contribution in [0.15, 0.2) is 30.5 Å².